The van der Waals surface area contributed by atoms with E-state index in [9.17, 15) is 14.4 Å². The normalized spacial score (nSPS) is 9.85. The number of carboxylic acids is 1. The summed E-state index contributed by atoms with van der Waals surface area (Å²) in [6.07, 6.45) is 0.0745. The molecule has 6 heteroatoms. The highest BCUT2D eigenvalue weighted by Crippen LogP contribution is 2.05. The van der Waals surface area contributed by atoms with E-state index in [1.54, 1.807) is 12.1 Å². The zero-order chi connectivity index (χ0) is 15.0. The van der Waals surface area contributed by atoms with Gasteiger partial charge in [0.2, 0.25) is 0 Å². The molecule has 3 N–H and O–H groups in total. The molecule has 0 bridgehead atoms. The number of urea groups is 1. The molecule has 0 unspecified atom stereocenters. The second kappa shape index (κ2) is 7.93. The largest absolute Gasteiger partial charge is 0.481 e. The Morgan fingerprint density at radius 2 is 1.55 bits per heavy atom. The number of amides is 2. The van der Waals surface area contributed by atoms with E-state index in [2.05, 4.69) is 10.6 Å². The molecule has 0 heterocycles. The third kappa shape index (κ3) is 5.99. The van der Waals surface area contributed by atoms with Gasteiger partial charge in [0, 0.05) is 25.1 Å². The summed E-state index contributed by atoms with van der Waals surface area (Å²) in [5, 5.41) is 13.3. The van der Waals surface area contributed by atoms with Gasteiger partial charge < -0.3 is 15.7 Å². The number of benzene rings is 1. The van der Waals surface area contributed by atoms with E-state index < -0.39 is 12.0 Å². The molecule has 0 aliphatic rings. The molecular formula is C14H18N2O4. The minimum atomic E-state index is -0.972. The van der Waals surface area contributed by atoms with E-state index >= 15 is 0 Å². The minimum Gasteiger partial charge on any atom is -0.481 e. The molecule has 6 nitrogen and oxygen atoms in total. The highest BCUT2D eigenvalue weighted by Gasteiger charge is 2.06. The van der Waals surface area contributed by atoms with Crippen molar-refractivity contribution in [3.8, 4) is 0 Å². The first kappa shape index (κ1) is 15.7. The zero-order valence-corrected chi connectivity index (χ0v) is 11.3. The Kier molecular flexibility index (Phi) is 6.22. The zero-order valence-electron chi connectivity index (χ0n) is 11.3. The van der Waals surface area contributed by atoms with Crippen molar-refractivity contribution in [3.63, 3.8) is 0 Å². The monoisotopic (exact) mass is 278 g/mol. The van der Waals surface area contributed by atoms with Gasteiger partial charge in [-0.05, 0) is 6.92 Å². The van der Waals surface area contributed by atoms with Crippen molar-refractivity contribution < 1.29 is 19.5 Å². The lowest BCUT2D eigenvalue weighted by Crippen LogP contribution is -2.37. The first-order valence-electron chi connectivity index (χ1n) is 6.32. The smallest absolute Gasteiger partial charge is 0.314 e. The first-order valence-corrected chi connectivity index (χ1v) is 6.32. The number of carbonyl (C=O) groups is 3. The van der Waals surface area contributed by atoms with Gasteiger partial charge in [0.15, 0.2) is 5.78 Å². The molecule has 0 aliphatic heterocycles. The third-order valence-corrected chi connectivity index (χ3v) is 2.64. The number of carboxylic acid groups (broad SMARTS) is 1. The number of hydrogen-bond acceptors (Lipinski definition) is 3. The van der Waals surface area contributed by atoms with Crippen molar-refractivity contribution in [2.24, 2.45) is 0 Å². The summed E-state index contributed by atoms with van der Waals surface area (Å²) in [7, 11) is 0. The summed E-state index contributed by atoms with van der Waals surface area (Å²) < 4.78 is 0. The molecule has 0 saturated heterocycles. The second-order valence-electron chi connectivity index (χ2n) is 4.37. The van der Waals surface area contributed by atoms with Crippen LogP contribution >= 0.6 is 0 Å². The van der Waals surface area contributed by atoms with Crippen LogP contribution in [0.5, 0.6) is 0 Å². The molecule has 1 aromatic rings. The number of ketones is 1. The van der Waals surface area contributed by atoms with Crippen molar-refractivity contribution in [1.29, 1.82) is 0 Å². The number of aryl methyl sites for hydroxylation is 1. The van der Waals surface area contributed by atoms with Crippen molar-refractivity contribution in [3.05, 3.63) is 35.4 Å². The molecule has 108 valence electrons. The van der Waals surface area contributed by atoms with Crippen LogP contribution in [0.25, 0.3) is 0 Å². The molecule has 2 amide bonds. The van der Waals surface area contributed by atoms with Gasteiger partial charge in [-0.2, -0.15) is 0 Å². The molecule has 0 atom stereocenters. The average Bonchev–Trinajstić information content (AvgIpc) is 2.39. The van der Waals surface area contributed by atoms with Crippen LogP contribution in [0.2, 0.25) is 0 Å². The molecule has 0 radical (unpaired) electrons. The Labute approximate surface area is 117 Å². The van der Waals surface area contributed by atoms with Crippen LogP contribution < -0.4 is 10.6 Å². The maximum Gasteiger partial charge on any atom is 0.314 e. The highest BCUT2D eigenvalue weighted by atomic mass is 16.4. The fourth-order valence-corrected chi connectivity index (χ4v) is 1.52. The van der Waals surface area contributed by atoms with Gasteiger partial charge in [0.25, 0.3) is 0 Å². The number of aliphatic carboxylic acids is 1. The molecular weight excluding hydrogens is 260 g/mol. The van der Waals surface area contributed by atoms with Crippen LogP contribution in [-0.4, -0.2) is 36.0 Å². The lowest BCUT2D eigenvalue weighted by molar-refractivity contribution is -0.136. The number of hydrogen-bond donors (Lipinski definition) is 3. The molecule has 0 aromatic heterocycles. The Hall–Kier alpha value is -2.37. The number of rotatable bonds is 7. The van der Waals surface area contributed by atoms with Gasteiger partial charge in [-0.25, -0.2) is 4.79 Å². The van der Waals surface area contributed by atoms with Crippen LogP contribution in [0, 0.1) is 6.92 Å². The summed E-state index contributed by atoms with van der Waals surface area (Å²) in [6, 6.07) is 6.76. The quantitative estimate of drug-likeness (QED) is 0.656. The third-order valence-electron chi connectivity index (χ3n) is 2.64. The number of carbonyl (C=O) groups excluding carboxylic acids is 2. The average molecular weight is 278 g/mol. The fraction of sp³-hybridized carbons (Fsp3) is 0.357. The second-order valence-corrected chi connectivity index (χ2v) is 4.37. The molecule has 0 fully saturated rings. The molecule has 1 rings (SSSR count). The summed E-state index contributed by atoms with van der Waals surface area (Å²) in [5.41, 5.74) is 1.70. The maximum atomic E-state index is 11.8. The number of nitrogens with one attached hydrogen (secondary N) is 2. The van der Waals surface area contributed by atoms with Crippen LogP contribution in [0.4, 0.5) is 4.79 Å². The van der Waals surface area contributed by atoms with Crippen LogP contribution in [0.15, 0.2) is 24.3 Å². The van der Waals surface area contributed by atoms with E-state index in [0.29, 0.717) is 5.56 Å². The molecule has 0 aliphatic carbocycles. The van der Waals surface area contributed by atoms with Gasteiger partial charge in [0.05, 0.1) is 6.42 Å². The topological polar surface area (TPSA) is 95.5 Å². The summed E-state index contributed by atoms with van der Waals surface area (Å²) in [4.78, 5) is 33.3. The Balaban J connectivity index is 2.23. The molecule has 0 spiro atoms. The molecule has 20 heavy (non-hydrogen) atoms. The van der Waals surface area contributed by atoms with Gasteiger partial charge >= 0.3 is 12.0 Å². The van der Waals surface area contributed by atoms with E-state index in [-0.39, 0.29) is 31.7 Å². The van der Waals surface area contributed by atoms with Crippen LogP contribution in [0.3, 0.4) is 0 Å². The van der Waals surface area contributed by atoms with Gasteiger partial charge in [-0.1, -0.05) is 29.8 Å². The van der Waals surface area contributed by atoms with E-state index in [1.165, 1.54) is 0 Å². The minimum absolute atomic E-state index is 0.0455. The molecule has 0 saturated carbocycles. The van der Waals surface area contributed by atoms with E-state index in [1.807, 2.05) is 19.1 Å². The van der Waals surface area contributed by atoms with Crippen molar-refractivity contribution in [2.45, 2.75) is 19.8 Å². The standard InChI is InChI=1S/C14H18N2O4/c1-10-2-4-11(5-3-10)12(17)6-8-15-14(20)16-9-7-13(18)19/h2-5H,6-9H2,1H3,(H,18,19)(H2,15,16,20). The van der Waals surface area contributed by atoms with E-state index in [0.717, 1.165) is 5.56 Å². The Bertz CT molecular complexity index is 482. The Morgan fingerprint density at radius 1 is 1.00 bits per heavy atom. The van der Waals surface area contributed by atoms with Crippen molar-refractivity contribution >= 4 is 17.8 Å². The highest BCUT2D eigenvalue weighted by molar-refractivity contribution is 5.96. The summed E-state index contributed by atoms with van der Waals surface area (Å²) in [6.45, 7) is 2.22. The lowest BCUT2D eigenvalue weighted by Gasteiger charge is -2.06. The lowest BCUT2D eigenvalue weighted by atomic mass is 10.1. The maximum absolute atomic E-state index is 11.8. The van der Waals surface area contributed by atoms with Crippen LogP contribution in [0.1, 0.15) is 28.8 Å². The van der Waals surface area contributed by atoms with E-state index in [4.69, 9.17) is 5.11 Å². The van der Waals surface area contributed by atoms with Crippen LogP contribution in [-0.2, 0) is 4.79 Å². The SMILES string of the molecule is Cc1ccc(C(=O)CCNC(=O)NCCC(=O)O)cc1. The van der Waals surface area contributed by atoms with Gasteiger partial charge in [-0.15, -0.1) is 0 Å². The first-order chi connectivity index (χ1) is 9.49. The molecule has 1 aromatic carbocycles. The van der Waals surface area contributed by atoms with Gasteiger partial charge in [-0.3, -0.25) is 9.59 Å². The summed E-state index contributed by atoms with van der Waals surface area (Å²) >= 11 is 0. The predicted octanol–water partition coefficient (Wildman–Crippen LogP) is 1.34. The predicted molar refractivity (Wildman–Crippen MR) is 73.8 cm³/mol. The number of Topliss-reactive ketones (excluding diaryl/α,β-unsaturated/α-hetero) is 1. The fourth-order valence-electron chi connectivity index (χ4n) is 1.52. The summed E-state index contributed by atoms with van der Waals surface area (Å²) in [5.74, 6) is -1.02. The van der Waals surface area contributed by atoms with Gasteiger partial charge in [0.1, 0.15) is 0 Å². The van der Waals surface area contributed by atoms with Crippen molar-refractivity contribution in [1.82, 2.24) is 10.6 Å². The van der Waals surface area contributed by atoms with Crippen molar-refractivity contribution in [2.75, 3.05) is 13.1 Å². The Morgan fingerprint density at radius 3 is 2.10 bits per heavy atom.